The van der Waals surface area contributed by atoms with Gasteiger partial charge in [0.2, 0.25) is 5.91 Å². The van der Waals surface area contributed by atoms with Crippen LogP contribution in [0.25, 0.3) is 0 Å². The van der Waals surface area contributed by atoms with Crippen molar-refractivity contribution in [1.82, 2.24) is 4.90 Å². The highest BCUT2D eigenvalue weighted by molar-refractivity contribution is 5.86. The van der Waals surface area contributed by atoms with Crippen LogP contribution in [0.4, 0.5) is 0 Å². The maximum atomic E-state index is 12.2. The Morgan fingerprint density at radius 1 is 1.41 bits per heavy atom. The molecule has 5 heteroatoms. The minimum absolute atomic E-state index is 0. The van der Waals surface area contributed by atoms with E-state index in [4.69, 9.17) is 10.5 Å². The van der Waals surface area contributed by atoms with Gasteiger partial charge in [0.05, 0.1) is 17.7 Å². The van der Waals surface area contributed by atoms with Gasteiger partial charge in [0.15, 0.2) is 0 Å². The molecule has 0 aromatic rings. The second-order valence-electron chi connectivity index (χ2n) is 5.13. The molecule has 1 rings (SSSR count). The normalized spacial score (nSPS) is 28.2. The fraction of sp³-hybridized carbons (Fsp3) is 0.917. The molecule has 3 atom stereocenters. The average Bonchev–Trinajstić information content (AvgIpc) is 2.14. The number of morpholine rings is 1. The zero-order chi connectivity index (χ0) is 12.3. The highest BCUT2D eigenvalue weighted by Crippen LogP contribution is 2.17. The number of nitrogens with zero attached hydrogens (tertiary/aromatic N) is 1. The van der Waals surface area contributed by atoms with Crippen molar-refractivity contribution < 1.29 is 9.53 Å². The lowest BCUT2D eigenvalue weighted by molar-refractivity contribution is -0.148. The smallest absolute Gasteiger partial charge is 0.242 e. The van der Waals surface area contributed by atoms with E-state index in [0.717, 1.165) is 12.8 Å². The maximum Gasteiger partial charge on any atom is 0.242 e. The van der Waals surface area contributed by atoms with Crippen LogP contribution >= 0.6 is 12.4 Å². The van der Waals surface area contributed by atoms with E-state index in [1.807, 2.05) is 32.6 Å². The number of halogens is 1. The summed E-state index contributed by atoms with van der Waals surface area (Å²) in [4.78, 5) is 14.1. The first-order valence-corrected chi connectivity index (χ1v) is 6.10. The predicted molar refractivity (Wildman–Crippen MR) is 71.3 cm³/mol. The lowest BCUT2D eigenvalue weighted by Gasteiger charge is -2.39. The summed E-state index contributed by atoms with van der Waals surface area (Å²) in [6.45, 7) is 9.15. The summed E-state index contributed by atoms with van der Waals surface area (Å²) in [5, 5.41) is 0. The van der Waals surface area contributed by atoms with Gasteiger partial charge < -0.3 is 15.4 Å². The van der Waals surface area contributed by atoms with Crippen LogP contribution in [-0.4, -0.2) is 41.6 Å². The molecule has 1 aliphatic rings. The number of amides is 1. The van der Waals surface area contributed by atoms with E-state index in [1.165, 1.54) is 0 Å². The molecule has 4 nitrogen and oxygen atoms in total. The van der Waals surface area contributed by atoms with Gasteiger partial charge in [-0.2, -0.15) is 0 Å². The summed E-state index contributed by atoms with van der Waals surface area (Å²) < 4.78 is 5.60. The zero-order valence-electron chi connectivity index (χ0n) is 11.2. The van der Waals surface area contributed by atoms with Gasteiger partial charge in [0, 0.05) is 13.1 Å². The summed E-state index contributed by atoms with van der Waals surface area (Å²) in [6.07, 6.45) is 1.86. The standard InChI is InChI=1S/C12H24N2O2.ClH/c1-5-6-12(4,13)11(15)14-7-9(2)16-10(3)8-14;/h9-10H,5-8,13H2,1-4H3;1H. The Balaban J connectivity index is 0.00000256. The van der Waals surface area contributed by atoms with E-state index in [9.17, 15) is 4.79 Å². The second-order valence-corrected chi connectivity index (χ2v) is 5.13. The van der Waals surface area contributed by atoms with Crippen molar-refractivity contribution in [2.24, 2.45) is 5.73 Å². The number of carbonyl (C=O) groups is 1. The van der Waals surface area contributed by atoms with Crippen LogP contribution in [0.15, 0.2) is 0 Å². The molecule has 1 saturated heterocycles. The molecular formula is C12H25ClN2O2. The van der Waals surface area contributed by atoms with Crippen LogP contribution < -0.4 is 5.73 Å². The number of rotatable bonds is 3. The van der Waals surface area contributed by atoms with Crippen molar-refractivity contribution in [3.63, 3.8) is 0 Å². The first kappa shape index (κ1) is 16.7. The molecule has 1 aliphatic heterocycles. The minimum atomic E-state index is -0.731. The van der Waals surface area contributed by atoms with Gasteiger partial charge in [0.25, 0.3) is 0 Å². The van der Waals surface area contributed by atoms with Gasteiger partial charge in [-0.25, -0.2) is 0 Å². The van der Waals surface area contributed by atoms with Crippen LogP contribution in [0.2, 0.25) is 0 Å². The van der Waals surface area contributed by atoms with Crippen LogP contribution in [-0.2, 0) is 9.53 Å². The molecule has 0 spiro atoms. The van der Waals surface area contributed by atoms with E-state index < -0.39 is 5.54 Å². The number of carbonyl (C=O) groups excluding carboxylic acids is 1. The third kappa shape index (κ3) is 4.45. The first-order valence-electron chi connectivity index (χ1n) is 6.10. The Morgan fingerprint density at radius 3 is 2.29 bits per heavy atom. The van der Waals surface area contributed by atoms with Crippen molar-refractivity contribution in [3.05, 3.63) is 0 Å². The van der Waals surface area contributed by atoms with Crippen LogP contribution in [0.3, 0.4) is 0 Å². The molecule has 2 N–H and O–H groups in total. The fourth-order valence-corrected chi connectivity index (χ4v) is 2.33. The molecule has 1 amide bonds. The van der Waals surface area contributed by atoms with E-state index in [-0.39, 0.29) is 30.5 Å². The quantitative estimate of drug-likeness (QED) is 0.842. The third-order valence-electron chi connectivity index (χ3n) is 2.96. The van der Waals surface area contributed by atoms with Crippen LogP contribution in [0, 0.1) is 0 Å². The van der Waals surface area contributed by atoms with E-state index in [2.05, 4.69) is 0 Å². The van der Waals surface area contributed by atoms with Gasteiger partial charge in [-0.05, 0) is 27.2 Å². The Bertz CT molecular complexity index is 249. The lowest BCUT2D eigenvalue weighted by atomic mass is 9.95. The maximum absolute atomic E-state index is 12.2. The van der Waals surface area contributed by atoms with Crippen molar-refractivity contribution in [2.75, 3.05) is 13.1 Å². The molecule has 0 bridgehead atoms. The molecule has 0 saturated carbocycles. The second kappa shape index (κ2) is 6.57. The van der Waals surface area contributed by atoms with Crippen molar-refractivity contribution in [2.45, 2.75) is 58.3 Å². The molecule has 3 unspecified atom stereocenters. The first-order chi connectivity index (χ1) is 7.36. The molecule has 0 radical (unpaired) electrons. The fourth-order valence-electron chi connectivity index (χ4n) is 2.33. The summed E-state index contributed by atoms with van der Waals surface area (Å²) in [5.74, 6) is 0.0522. The van der Waals surface area contributed by atoms with Gasteiger partial charge in [-0.3, -0.25) is 4.79 Å². The van der Waals surface area contributed by atoms with Crippen LogP contribution in [0.5, 0.6) is 0 Å². The molecular weight excluding hydrogens is 240 g/mol. The van der Waals surface area contributed by atoms with Gasteiger partial charge in [-0.15, -0.1) is 12.4 Å². The zero-order valence-corrected chi connectivity index (χ0v) is 12.0. The highest BCUT2D eigenvalue weighted by atomic mass is 35.5. The number of ether oxygens (including phenoxy) is 1. The minimum Gasteiger partial charge on any atom is -0.372 e. The van der Waals surface area contributed by atoms with Gasteiger partial charge in [0.1, 0.15) is 0 Å². The Labute approximate surface area is 110 Å². The Kier molecular flexibility index (Phi) is 6.45. The van der Waals surface area contributed by atoms with Crippen molar-refractivity contribution in [1.29, 1.82) is 0 Å². The molecule has 17 heavy (non-hydrogen) atoms. The molecule has 0 aromatic heterocycles. The molecule has 102 valence electrons. The topological polar surface area (TPSA) is 55.6 Å². The Morgan fingerprint density at radius 2 is 1.88 bits per heavy atom. The molecule has 0 aromatic carbocycles. The summed E-state index contributed by atoms with van der Waals surface area (Å²) >= 11 is 0. The van der Waals surface area contributed by atoms with E-state index in [1.54, 1.807) is 0 Å². The van der Waals surface area contributed by atoms with Crippen LogP contribution in [0.1, 0.15) is 40.5 Å². The van der Waals surface area contributed by atoms with Gasteiger partial charge in [-0.1, -0.05) is 13.3 Å². The highest BCUT2D eigenvalue weighted by Gasteiger charge is 2.35. The summed E-state index contributed by atoms with van der Waals surface area (Å²) in [5.41, 5.74) is 5.33. The third-order valence-corrected chi connectivity index (χ3v) is 2.96. The van der Waals surface area contributed by atoms with E-state index in [0.29, 0.717) is 13.1 Å². The van der Waals surface area contributed by atoms with E-state index >= 15 is 0 Å². The largest absolute Gasteiger partial charge is 0.372 e. The molecule has 0 aliphatic carbocycles. The predicted octanol–water partition coefficient (Wildman–Crippen LogP) is 1.56. The van der Waals surface area contributed by atoms with Crippen molar-refractivity contribution in [3.8, 4) is 0 Å². The number of hydrogen-bond acceptors (Lipinski definition) is 3. The number of nitrogens with two attached hydrogens (primary N) is 1. The number of hydrogen-bond donors (Lipinski definition) is 1. The molecule has 1 fully saturated rings. The molecule has 1 heterocycles. The average molecular weight is 265 g/mol. The lowest BCUT2D eigenvalue weighted by Crippen LogP contribution is -2.58. The summed E-state index contributed by atoms with van der Waals surface area (Å²) in [7, 11) is 0. The SMILES string of the molecule is CCCC(C)(N)C(=O)N1CC(C)OC(C)C1.Cl. The van der Waals surface area contributed by atoms with Gasteiger partial charge >= 0.3 is 0 Å². The van der Waals surface area contributed by atoms with Crippen molar-refractivity contribution >= 4 is 18.3 Å². The summed E-state index contributed by atoms with van der Waals surface area (Å²) in [6, 6.07) is 0. The monoisotopic (exact) mass is 264 g/mol. The Hall–Kier alpha value is -0.320.